The summed E-state index contributed by atoms with van der Waals surface area (Å²) in [5.41, 5.74) is 3.65. The van der Waals surface area contributed by atoms with Crippen molar-refractivity contribution in [2.75, 3.05) is 19.7 Å². The lowest BCUT2D eigenvalue weighted by Crippen LogP contribution is -2.62. The Morgan fingerprint density at radius 1 is 1.26 bits per heavy atom. The molecule has 1 aromatic rings. The molecular weight excluding hydrogens is 398 g/mol. The van der Waals surface area contributed by atoms with E-state index in [1.165, 1.54) is 4.90 Å². The molecule has 2 heterocycles. The lowest BCUT2D eigenvalue weighted by molar-refractivity contribution is -0.145. The molecule has 8 heteroatoms. The number of rotatable bonds is 5. The molecule has 0 bridgehead atoms. The Labute approximate surface area is 181 Å². The largest absolute Gasteiger partial charge is 0.450 e. The number of amides is 2. The predicted octanol–water partition coefficient (Wildman–Crippen LogP) is 2.13. The standard InChI is InChI=1S/C23H29N3O5/c1-2-31-22(29)26-14-23(9-10-23)13-17(21(28)25-30)19(26)20(27)18-12-16(8-11-24-18)15-6-4-3-5-7-15/h3-8,17-19,24,30H,2,9-14H2,1H3,(H,25,28). The molecule has 3 atom stereocenters. The van der Waals surface area contributed by atoms with Crippen LogP contribution in [0.25, 0.3) is 5.57 Å². The van der Waals surface area contributed by atoms with Crippen LogP contribution in [-0.2, 0) is 14.3 Å². The molecule has 3 aliphatic rings. The van der Waals surface area contributed by atoms with E-state index in [1.807, 2.05) is 30.3 Å². The quantitative estimate of drug-likeness (QED) is 0.491. The Bertz CT molecular complexity index is 880. The van der Waals surface area contributed by atoms with Crippen LogP contribution in [0.3, 0.4) is 0 Å². The third kappa shape index (κ3) is 4.36. The number of ether oxygens (including phenoxy) is 1. The van der Waals surface area contributed by atoms with Crippen molar-refractivity contribution in [3.63, 3.8) is 0 Å². The van der Waals surface area contributed by atoms with E-state index in [9.17, 15) is 19.6 Å². The van der Waals surface area contributed by atoms with Crippen molar-refractivity contribution in [3.8, 4) is 0 Å². The number of hydroxylamine groups is 1. The van der Waals surface area contributed by atoms with Crippen LogP contribution >= 0.6 is 0 Å². The second-order valence-corrected chi connectivity index (χ2v) is 8.72. The van der Waals surface area contributed by atoms with Gasteiger partial charge in [-0.25, -0.2) is 10.3 Å². The van der Waals surface area contributed by atoms with Gasteiger partial charge in [-0.15, -0.1) is 0 Å². The molecule has 1 saturated carbocycles. The van der Waals surface area contributed by atoms with Crippen molar-refractivity contribution >= 4 is 23.4 Å². The zero-order valence-electron chi connectivity index (χ0n) is 17.7. The minimum Gasteiger partial charge on any atom is -0.450 e. The lowest BCUT2D eigenvalue weighted by atomic mass is 9.76. The van der Waals surface area contributed by atoms with Gasteiger partial charge in [-0.05, 0) is 49.2 Å². The fourth-order valence-electron chi connectivity index (χ4n) is 4.91. The lowest BCUT2D eigenvalue weighted by Gasteiger charge is -2.44. The van der Waals surface area contributed by atoms with E-state index >= 15 is 0 Å². The molecule has 2 fully saturated rings. The second kappa shape index (κ2) is 8.80. The van der Waals surface area contributed by atoms with Gasteiger partial charge in [0.25, 0.3) is 0 Å². The summed E-state index contributed by atoms with van der Waals surface area (Å²) in [7, 11) is 0. The van der Waals surface area contributed by atoms with E-state index in [0.29, 0.717) is 25.9 Å². The fourth-order valence-corrected chi connectivity index (χ4v) is 4.91. The molecule has 2 amide bonds. The average Bonchev–Trinajstić information content (AvgIpc) is 3.56. The molecule has 1 spiro atoms. The van der Waals surface area contributed by atoms with E-state index in [-0.39, 0.29) is 17.8 Å². The van der Waals surface area contributed by atoms with Gasteiger partial charge in [0.2, 0.25) is 5.91 Å². The van der Waals surface area contributed by atoms with E-state index in [0.717, 1.165) is 24.0 Å². The normalized spacial score (nSPS) is 26.7. The minimum absolute atomic E-state index is 0.171. The number of likely N-dealkylation sites (tertiary alicyclic amines) is 1. The number of piperidine rings is 1. The van der Waals surface area contributed by atoms with Gasteiger partial charge in [0.05, 0.1) is 18.6 Å². The molecule has 1 saturated heterocycles. The van der Waals surface area contributed by atoms with Crippen LogP contribution in [0.2, 0.25) is 0 Å². The van der Waals surface area contributed by atoms with Crippen molar-refractivity contribution in [2.24, 2.45) is 11.3 Å². The number of nitrogens with one attached hydrogen (secondary N) is 2. The van der Waals surface area contributed by atoms with Crippen molar-refractivity contribution in [1.29, 1.82) is 0 Å². The number of nitrogens with zero attached hydrogens (tertiary/aromatic N) is 1. The Morgan fingerprint density at radius 2 is 2.00 bits per heavy atom. The smallest absolute Gasteiger partial charge is 0.410 e. The van der Waals surface area contributed by atoms with Crippen LogP contribution in [0.1, 0.15) is 38.2 Å². The zero-order valence-corrected chi connectivity index (χ0v) is 17.7. The maximum Gasteiger partial charge on any atom is 0.410 e. The van der Waals surface area contributed by atoms with Crippen molar-refractivity contribution in [1.82, 2.24) is 15.7 Å². The zero-order chi connectivity index (χ0) is 22.0. The number of Topliss-reactive ketones (excluding diaryl/α,β-unsaturated/α-hetero) is 1. The molecule has 0 aromatic heterocycles. The summed E-state index contributed by atoms with van der Waals surface area (Å²) in [6.07, 6.45) is 4.19. The Kier molecular flexibility index (Phi) is 6.11. The van der Waals surface area contributed by atoms with Crippen LogP contribution in [0, 0.1) is 11.3 Å². The number of hydrogen-bond donors (Lipinski definition) is 3. The molecule has 0 radical (unpaired) electrons. The summed E-state index contributed by atoms with van der Waals surface area (Å²) >= 11 is 0. The molecule has 4 rings (SSSR count). The fraction of sp³-hybridized carbons (Fsp3) is 0.522. The van der Waals surface area contributed by atoms with Gasteiger partial charge in [-0.1, -0.05) is 36.4 Å². The first-order valence-electron chi connectivity index (χ1n) is 10.9. The number of hydrogen-bond acceptors (Lipinski definition) is 6. The molecule has 31 heavy (non-hydrogen) atoms. The summed E-state index contributed by atoms with van der Waals surface area (Å²) in [4.78, 5) is 40.5. The highest BCUT2D eigenvalue weighted by molar-refractivity contribution is 5.98. The third-order valence-corrected chi connectivity index (χ3v) is 6.70. The van der Waals surface area contributed by atoms with Crippen molar-refractivity contribution in [2.45, 2.75) is 44.7 Å². The Hall–Kier alpha value is -2.71. The van der Waals surface area contributed by atoms with E-state index in [2.05, 4.69) is 11.4 Å². The van der Waals surface area contributed by atoms with Gasteiger partial charge in [0, 0.05) is 13.1 Å². The summed E-state index contributed by atoms with van der Waals surface area (Å²) in [5, 5.41) is 12.6. The molecule has 166 valence electrons. The number of carbonyl (C=O) groups excluding carboxylic acids is 3. The number of carbonyl (C=O) groups is 3. The third-order valence-electron chi connectivity index (χ3n) is 6.70. The molecule has 3 unspecified atom stereocenters. The topological polar surface area (TPSA) is 108 Å². The molecule has 3 N–H and O–H groups in total. The second-order valence-electron chi connectivity index (χ2n) is 8.72. The van der Waals surface area contributed by atoms with Crippen LogP contribution in [0.4, 0.5) is 4.79 Å². The molecule has 8 nitrogen and oxygen atoms in total. The van der Waals surface area contributed by atoms with Crippen LogP contribution in [-0.4, -0.2) is 59.7 Å². The number of ketones is 1. The highest BCUT2D eigenvalue weighted by Gasteiger charge is 2.57. The van der Waals surface area contributed by atoms with Gasteiger partial charge in [0.1, 0.15) is 6.04 Å². The molecule has 1 aromatic carbocycles. The van der Waals surface area contributed by atoms with Crippen molar-refractivity contribution in [3.05, 3.63) is 42.0 Å². The van der Waals surface area contributed by atoms with Gasteiger partial charge in [-0.2, -0.15) is 0 Å². The maximum atomic E-state index is 13.7. The minimum atomic E-state index is -0.981. The summed E-state index contributed by atoms with van der Waals surface area (Å²) in [6, 6.07) is 8.34. The van der Waals surface area contributed by atoms with Gasteiger partial charge < -0.3 is 10.1 Å². The van der Waals surface area contributed by atoms with Gasteiger partial charge >= 0.3 is 6.09 Å². The first-order valence-corrected chi connectivity index (χ1v) is 10.9. The highest BCUT2D eigenvalue weighted by atomic mass is 16.6. The Morgan fingerprint density at radius 3 is 2.65 bits per heavy atom. The van der Waals surface area contributed by atoms with E-state index < -0.39 is 30.0 Å². The predicted molar refractivity (Wildman–Crippen MR) is 113 cm³/mol. The van der Waals surface area contributed by atoms with E-state index in [1.54, 1.807) is 12.4 Å². The summed E-state index contributed by atoms with van der Waals surface area (Å²) in [5.74, 6) is -1.67. The maximum absolute atomic E-state index is 13.7. The van der Waals surface area contributed by atoms with Gasteiger partial charge in [-0.3, -0.25) is 19.7 Å². The highest BCUT2D eigenvalue weighted by Crippen LogP contribution is 2.55. The van der Waals surface area contributed by atoms with Gasteiger partial charge in [0.15, 0.2) is 5.78 Å². The van der Waals surface area contributed by atoms with E-state index in [4.69, 9.17) is 4.74 Å². The number of benzene rings is 1. The summed E-state index contributed by atoms with van der Waals surface area (Å²) < 4.78 is 5.23. The first kappa shape index (κ1) is 21.5. The molecular formula is C23H29N3O5. The Balaban J connectivity index is 1.61. The van der Waals surface area contributed by atoms with Crippen LogP contribution in [0.15, 0.2) is 36.4 Å². The molecule has 1 aliphatic carbocycles. The monoisotopic (exact) mass is 427 g/mol. The SMILES string of the molecule is CCOC(=O)N1CC2(CC2)CC(C(=O)NO)C1C(=O)C1CC(c2ccccc2)=CCN1. The average molecular weight is 428 g/mol. The van der Waals surface area contributed by atoms with Crippen LogP contribution < -0.4 is 10.8 Å². The molecule has 2 aliphatic heterocycles. The summed E-state index contributed by atoms with van der Waals surface area (Å²) in [6.45, 7) is 2.81. The van der Waals surface area contributed by atoms with Crippen LogP contribution in [0.5, 0.6) is 0 Å². The first-order chi connectivity index (χ1) is 15.0. The van der Waals surface area contributed by atoms with Crippen molar-refractivity contribution < 1.29 is 24.3 Å².